The first kappa shape index (κ1) is 17.1. The van der Waals surface area contributed by atoms with E-state index in [-0.39, 0.29) is 5.91 Å². The van der Waals surface area contributed by atoms with E-state index < -0.39 is 0 Å². The largest absolute Gasteiger partial charge is 0.497 e. The Morgan fingerprint density at radius 1 is 0.960 bits per heavy atom. The molecule has 1 unspecified atom stereocenters. The minimum Gasteiger partial charge on any atom is -0.497 e. The maximum absolute atomic E-state index is 13.0. The van der Waals surface area contributed by atoms with E-state index in [4.69, 9.17) is 14.2 Å². The number of nitrogens with zero attached hydrogens (tertiary/aromatic N) is 1. The monoisotopic (exact) mass is 341 g/mol. The normalized spacial score (nSPS) is 16.6. The summed E-state index contributed by atoms with van der Waals surface area (Å²) in [5.74, 6) is 2.20. The Morgan fingerprint density at radius 2 is 1.60 bits per heavy atom. The molecule has 1 amide bonds. The van der Waals surface area contributed by atoms with Gasteiger partial charge in [0.1, 0.15) is 22.8 Å². The number of ether oxygens (including phenoxy) is 3. The topological polar surface area (TPSA) is 48.0 Å². The average Bonchev–Trinajstić information content (AvgIpc) is 3.17. The fourth-order valence-electron chi connectivity index (χ4n) is 3.31. The third-order valence-corrected chi connectivity index (χ3v) is 4.70. The van der Waals surface area contributed by atoms with Gasteiger partial charge in [0, 0.05) is 19.0 Å². The van der Waals surface area contributed by atoms with Crippen molar-refractivity contribution in [1.29, 1.82) is 0 Å². The van der Waals surface area contributed by atoms with E-state index in [0.29, 0.717) is 29.5 Å². The number of benzene rings is 2. The third-order valence-electron chi connectivity index (χ3n) is 4.70. The minimum absolute atomic E-state index is 0.0506. The third kappa shape index (κ3) is 3.40. The summed E-state index contributed by atoms with van der Waals surface area (Å²) >= 11 is 0. The van der Waals surface area contributed by atoms with E-state index in [0.717, 1.165) is 18.7 Å². The molecule has 1 aliphatic rings. The zero-order valence-electron chi connectivity index (χ0n) is 14.8. The lowest BCUT2D eigenvalue weighted by atomic mass is 9.98. The highest BCUT2D eigenvalue weighted by Crippen LogP contribution is 2.34. The van der Waals surface area contributed by atoms with Gasteiger partial charge in [0.05, 0.1) is 21.3 Å². The molecule has 0 radical (unpaired) electrons. The SMILES string of the molecule is COc1ccc(C2CCN(C(=O)c3c(OC)cccc3OC)C2)cc1. The summed E-state index contributed by atoms with van der Waals surface area (Å²) in [6.07, 6.45) is 0.940. The van der Waals surface area contributed by atoms with E-state index in [1.165, 1.54) is 5.56 Å². The number of carbonyl (C=O) groups is 1. The number of amides is 1. The molecular formula is C20H23NO4. The van der Waals surface area contributed by atoms with Gasteiger partial charge in [-0.15, -0.1) is 0 Å². The van der Waals surface area contributed by atoms with E-state index in [1.807, 2.05) is 23.1 Å². The van der Waals surface area contributed by atoms with E-state index >= 15 is 0 Å². The minimum atomic E-state index is -0.0506. The van der Waals surface area contributed by atoms with Crippen LogP contribution < -0.4 is 14.2 Å². The fourth-order valence-corrected chi connectivity index (χ4v) is 3.31. The first-order chi connectivity index (χ1) is 12.2. The lowest BCUT2D eigenvalue weighted by molar-refractivity contribution is 0.0784. The summed E-state index contributed by atoms with van der Waals surface area (Å²) < 4.78 is 15.9. The second-order valence-corrected chi connectivity index (χ2v) is 6.05. The van der Waals surface area contributed by atoms with Crippen molar-refractivity contribution in [3.8, 4) is 17.2 Å². The molecule has 1 atom stereocenters. The summed E-state index contributed by atoms with van der Waals surface area (Å²) in [4.78, 5) is 14.9. The van der Waals surface area contributed by atoms with Crippen molar-refractivity contribution in [2.24, 2.45) is 0 Å². The Morgan fingerprint density at radius 3 is 2.16 bits per heavy atom. The molecule has 1 heterocycles. The van der Waals surface area contributed by atoms with Crippen molar-refractivity contribution in [3.63, 3.8) is 0 Å². The molecule has 25 heavy (non-hydrogen) atoms. The summed E-state index contributed by atoms with van der Waals surface area (Å²) in [5, 5.41) is 0. The molecule has 2 aromatic rings. The average molecular weight is 341 g/mol. The number of rotatable bonds is 5. The quantitative estimate of drug-likeness (QED) is 0.837. The molecule has 5 heteroatoms. The number of hydrogen-bond donors (Lipinski definition) is 0. The van der Waals surface area contributed by atoms with Crippen LogP contribution in [0.15, 0.2) is 42.5 Å². The molecule has 0 aromatic heterocycles. The Labute approximate surface area is 148 Å². The summed E-state index contributed by atoms with van der Waals surface area (Å²) in [6, 6.07) is 13.5. The smallest absolute Gasteiger partial charge is 0.261 e. The van der Waals surface area contributed by atoms with Gasteiger partial charge in [-0.05, 0) is 36.2 Å². The van der Waals surface area contributed by atoms with Crippen molar-refractivity contribution < 1.29 is 19.0 Å². The zero-order chi connectivity index (χ0) is 17.8. The lowest BCUT2D eigenvalue weighted by Gasteiger charge is -2.20. The number of hydrogen-bond acceptors (Lipinski definition) is 4. The molecule has 0 saturated carbocycles. The van der Waals surface area contributed by atoms with Crippen molar-refractivity contribution in [3.05, 3.63) is 53.6 Å². The van der Waals surface area contributed by atoms with E-state index in [2.05, 4.69) is 12.1 Å². The Balaban J connectivity index is 1.79. The van der Waals surface area contributed by atoms with Gasteiger partial charge in [0.25, 0.3) is 5.91 Å². The fraction of sp³-hybridized carbons (Fsp3) is 0.350. The molecule has 1 fully saturated rings. The molecule has 132 valence electrons. The van der Waals surface area contributed by atoms with Crippen LogP contribution in [0.2, 0.25) is 0 Å². The molecule has 0 aliphatic carbocycles. The van der Waals surface area contributed by atoms with Crippen LogP contribution >= 0.6 is 0 Å². The van der Waals surface area contributed by atoms with Crippen LogP contribution in [0.4, 0.5) is 0 Å². The van der Waals surface area contributed by atoms with Gasteiger partial charge in [0.2, 0.25) is 0 Å². The predicted molar refractivity (Wildman–Crippen MR) is 95.8 cm³/mol. The van der Waals surface area contributed by atoms with Crippen LogP contribution in [0.25, 0.3) is 0 Å². The van der Waals surface area contributed by atoms with Crippen LogP contribution in [0.3, 0.4) is 0 Å². The number of carbonyl (C=O) groups excluding carboxylic acids is 1. The molecule has 2 aromatic carbocycles. The highest BCUT2D eigenvalue weighted by atomic mass is 16.5. The van der Waals surface area contributed by atoms with E-state index in [9.17, 15) is 4.79 Å². The Hall–Kier alpha value is -2.69. The predicted octanol–water partition coefficient (Wildman–Crippen LogP) is 3.34. The zero-order valence-corrected chi connectivity index (χ0v) is 14.8. The highest BCUT2D eigenvalue weighted by molar-refractivity contribution is 6.00. The van der Waals surface area contributed by atoms with Crippen LogP contribution in [-0.2, 0) is 0 Å². The first-order valence-electron chi connectivity index (χ1n) is 8.32. The van der Waals surface area contributed by atoms with Gasteiger partial charge < -0.3 is 19.1 Å². The van der Waals surface area contributed by atoms with Gasteiger partial charge in [-0.2, -0.15) is 0 Å². The van der Waals surface area contributed by atoms with Crippen LogP contribution in [0.1, 0.15) is 28.3 Å². The number of likely N-dealkylation sites (tertiary alicyclic amines) is 1. The summed E-state index contributed by atoms with van der Waals surface area (Å²) in [6.45, 7) is 1.41. The molecule has 0 N–H and O–H groups in total. The second kappa shape index (κ2) is 7.47. The molecule has 3 rings (SSSR count). The first-order valence-corrected chi connectivity index (χ1v) is 8.32. The van der Waals surface area contributed by atoms with Gasteiger partial charge in [-0.25, -0.2) is 0 Å². The molecule has 1 saturated heterocycles. The Kier molecular flexibility index (Phi) is 5.12. The second-order valence-electron chi connectivity index (χ2n) is 6.05. The van der Waals surface area contributed by atoms with E-state index in [1.54, 1.807) is 33.5 Å². The lowest BCUT2D eigenvalue weighted by Crippen LogP contribution is -2.29. The molecule has 1 aliphatic heterocycles. The summed E-state index contributed by atoms with van der Waals surface area (Å²) in [5.41, 5.74) is 1.71. The van der Waals surface area contributed by atoms with Gasteiger partial charge >= 0.3 is 0 Å². The van der Waals surface area contributed by atoms with Crippen molar-refractivity contribution in [2.75, 3.05) is 34.4 Å². The van der Waals surface area contributed by atoms with Gasteiger partial charge in [0.15, 0.2) is 0 Å². The number of methoxy groups -OCH3 is 3. The maximum atomic E-state index is 13.0. The Bertz CT molecular complexity index is 720. The molecule has 0 bridgehead atoms. The van der Waals surface area contributed by atoms with Gasteiger partial charge in [-0.3, -0.25) is 4.79 Å². The molecule has 0 spiro atoms. The van der Waals surface area contributed by atoms with Crippen molar-refractivity contribution >= 4 is 5.91 Å². The standard InChI is InChI=1S/C20H23NO4/c1-23-16-9-7-14(8-10-16)15-11-12-21(13-15)20(22)19-17(24-2)5-4-6-18(19)25-3/h4-10,15H,11-13H2,1-3H3. The van der Waals surface area contributed by atoms with Crippen LogP contribution in [0, 0.1) is 0 Å². The maximum Gasteiger partial charge on any atom is 0.261 e. The molecular weight excluding hydrogens is 318 g/mol. The van der Waals surface area contributed by atoms with Gasteiger partial charge in [-0.1, -0.05) is 18.2 Å². The van der Waals surface area contributed by atoms with Crippen LogP contribution in [-0.4, -0.2) is 45.2 Å². The molecule has 5 nitrogen and oxygen atoms in total. The van der Waals surface area contributed by atoms with Crippen molar-refractivity contribution in [2.45, 2.75) is 12.3 Å². The highest BCUT2D eigenvalue weighted by Gasteiger charge is 2.31. The summed E-state index contributed by atoms with van der Waals surface area (Å²) in [7, 11) is 4.79. The van der Waals surface area contributed by atoms with Crippen LogP contribution in [0.5, 0.6) is 17.2 Å². The van der Waals surface area contributed by atoms with Crippen molar-refractivity contribution in [1.82, 2.24) is 4.90 Å².